The van der Waals surface area contributed by atoms with Gasteiger partial charge in [-0.25, -0.2) is 0 Å². The first kappa shape index (κ1) is 7.74. The van der Waals surface area contributed by atoms with E-state index >= 15 is 0 Å². The van der Waals surface area contributed by atoms with Crippen LogP contribution in [0.1, 0.15) is 24.2 Å². The number of nitrogens with zero attached hydrogens (tertiary/aromatic N) is 1. The van der Waals surface area contributed by atoms with Crippen LogP contribution in [-0.4, -0.2) is 11.5 Å². The molecule has 1 aromatic rings. The van der Waals surface area contributed by atoms with Crippen molar-refractivity contribution in [3.8, 4) is 0 Å². The lowest BCUT2D eigenvalue weighted by atomic mass is 10.0. The van der Waals surface area contributed by atoms with E-state index < -0.39 is 0 Å². The highest BCUT2D eigenvalue weighted by Gasteiger charge is 2.44. The van der Waals surface area contributed by atoms with E-state index in [1.807, 2.05) is 13.0 Å². The van der Waals surface area contributed by atoms with Gasteiger partial charge in [-0.1, -0.05) is 6.07 Å². The second kappa shape index (κ2) is 2.56. The topological polar surface area (TPSA) is 38.9 Å². The highest BCUT2D eigenvalue weighted by Crippen LogP contribution is 2.46. The first-order valence-corrected chi connectivity index (χ1v) is 4.41. The van der Waals surface area contributed by atoms with Crippen LogP contribution in [0.25, 0.3) is 0 Å². The van der Waals surface area contributed by atoms with Crippen molar-refractivity contribution >= 4 is 0 Å². The van der Waals surface area contributed by atoms with E-state index in [0.717, 1.165) is 12.2 Å². The van der Waals surface area contributed by atoms with Crippen LogP contribution in [0.5, 0.6) is 0 Å². The molecular weight excluding hydrogens is 148 g/mol. The summed E-state index contributed by atoms with van der Waals surface area (Å²) in [7, 11) is 0. The zero-order chi connectivity index (χ0) is 8.60. The van der Waals surface area contributed by atoms with Crippen LogP contribution < -0.4 is 5.73 Å². The molecule has 12 heavy (non-hydrogen) atoms. The van der Waals surface area contributed by atoms with Crippen LogP contribution >= 0.6 is 0 Å². The quantitative estimate of drug-likeness (QED) is 0.713. The van der Waals surface area contributed by atoms with E-state index in [4.69, 9.17) is 5.73 Å². The molecule has 2 nitrogen and oxygen atoms in total. The number of aryl methyl sites for hydroxylation is 1. The predicted molar refractivity (Wildman–Crippen MR) is 48.9 cm³/mol. The fraction of sp³-hybridized carbons (Fsp3) is 0.500. The standard InChI is InChI=1S/C10H14N2/c1-8-3-2-4-9(12-8)10(7-11)5-6-10/h2-4H,5-7,11H2,1H3. The third kappa shape index (κ3) is 1.12. The molecule has 1 fully saturated rings. The normalized spacial score (nSPS) is 19.2. The van der Waals surface area contributed by atoms with Gasteiger partial charge in [0.15, 0.2) is 0 Å². The van der Waals surface area contributed by atoms with Crippen molar-refractivity contribution in [3.63, 3.8) is 0 Å². The Balaban J connectivity index is 2.34. The van der Waals surface area contributed by atoms with Gasteiger partial charge in [-0.05, 0) is 31.9 Å². The SMILES string of the molecule is Cc1cccc(C2(CN)CC2)n1. The number of pyridine rings is 1. The Kier molecular flexibility index (Phi) is 1.65. The van der Waals surface area contributed by atoms with Gasteiger partial charge in [0.1, 0.15) is 0 Å². The molecule has 1 aliphatic rings. The van der Waals surface area contributed by atoms with Crippen LogP contribution in [0.2, 0.25) is 0 Å². The van der Waals surface area contributed by atoms with E-state index in [-0.39, 0.29) is 5.41 Å². The van der Waals surface area contributed by atoms with Crippen LogP contribution in [0.4, 0.5) is 0 Å². The first-order chi connectivity index (χ1) is 5.77. The van der Waals surface area contributed by atoms with Gasteiger partial charge in [0.05, 0.1) is 0 Å². The molecule has 0 aliphatic heterocycles. The van der Waals surface area contributed by atoms with Crippen LogP contribution in [0.15, 0.2) is 18.2 Å². The summed E-state index contributed by atoms with van der Waals surface area (Å²) < 4.78 is 0. The summed E-state index contributed by atoms with van der Waals surface area (Å²) in [5, 5.41) is 0. The number of hydrogen-bond donors (Lipinski definition) is 1. The third-order valence-corrected chi connectivity index (χ3v) is 2.68. The highest BCUT2D eigenvalue weighted by molar-refractivity contribution is 5.26. The molecule has 0 saturated heterocycles. The molecule has 2 rings (SSSR count). The number of nitrogens with two attached hydrogens (primary N) is 1. The lowest BCUT2D eigenvalue weighted by molar-refractivity contribution is 0.675. The summed E-state index contributed by atoms with van der Waals surface area (Å²) in [6, 6.07) is 6.18. The van der Waals surface area contributed by atoms with Gasteiger partial charge in [-0.15, -0.1) is 0 Å². The van der Waals surface area contributed by atoms with Crippen molar-refractivity contribution in [2.75, 3.05) is 6.54 Å². The minimum atomic E-state index is 0.242. The Morgan fingerprint density at radius 2 is 2.25 bits per heavy atom. The molecule has 1 aliphatic carbocycles. The summed E-state index contributed by atoms with van der Waals surface area (Å²) in [5.41, 5.74) is 8.23. The molecule has 0 atom stereocenters. The largest absolute Gasteiger partial charge is 0.330 e. The fourth-order valence-corrected chi connectivity index (χ4v) is 1.55. The molecule has 0 aromatic carbocycles. The van der Waals surface area contributed by atoms with Gasteiger partial charge in [0.25, 0.3) is 0 Å². The molecular formula is C10H14N2. The Morgan fingerprint density at radius 1 is 1.50 bits per heavy atom. The van der Waals surface area contributed by atoms with Gasteiger partial charge in [0.2, 0.25) is 0 Å². The van der Waals surface area contributed by atoms with E-state index in [1.54, 1.807) is 0 Å². The molecule has 64 valence electrons. The Labute approximate surface area is 72.8 Å². The van der Waals surface area contributed by atoms with Crippen LogP contribution in [0.3, 0.4) is 0 Å². The van der Waals surface area contributed by atoms with Gasteiger partial charge < -0.3 is 5.73 Å². The zero-order valence-corrected chi connectivity index (χ0v) is 7.38. The lowest BCUT2D eigenvalue weighted by Gasteiger charge is -2.11. The third-order valence-electron chi connectivity index (χ3n) is 2.68. The summed E-state index contributed by atoms with van der Waals surface area (Å²) in [6.07, 6.45) is 2.42. The minimum Gasteiger partial charge on any atom is -0.330 e. The summed E-state index contributed by atoms with van der Waals surface area (Å²) in [5.74, 6) is 0. The van der Waals surface area contributed by atoms with Crippen molar-refractivity contribution in [1.82, 2.24) is 4.98 Å². The number of hydrogen-bond acceptors (Lipinski definition) is 2. The monoisotopic (exact) mass is 162 g/mol. The molecule has 0 amide bonds. The molecule has 0 spiro atoms. The Bertz CT molecular complexity index is 290. The molecule has 0 bridgehead atoms. The van der Waals surface area contributed by atoms with Crippen molar-refractivity contribution < 1.29 is 0 Å². The predicted octanol–water partition coefficient (Wildman–Crippen LogP) is 1.38. The number of aromatic nitrogens is 1. The van der Waals surface area contributed by atoms with Crippen molar-refractivity contribution in [2.24, 2.45) is 5.73 Å². The zero-order valence-electron chi connectivity index (χ0n) is 7.38. The molecule has 2 heteroatoms. The van der Waals surface area contributed by atoms with Gasteiger partial charge >= 0.3 is 0 Å². The summed E-state index contributed by atoms with van der Waals surface area (Å²) in [6.45, 7) is 2.76. The molecule has 0 unspecified atom stereocenters. The lowest BCUT2D eigenvalue weighted by Crippen LogP contribution is -2.21. The smallest absolute Gasteiger partial charge is 0.0481 e. The maximum atomic E-state index is 5.71. The average Bonchev–Trinajstić information content (AvgIpc) is 2.84. The summed E-state index contributed by atoms with van der Waals surface area (Å²) in [4.78, 5) is 4.50. The Hall–Kier alpha value is -0.890. The minimum absolute atomic E-state index is 0.242. The second-order valence-electron chi connectivity index (χ2n) is 3.65. The average molecular weight is 162 g/mol. The summed E-state index contributed by atoms with van der Waals surface area (Å²) >= 11 is 0. The molecule has 1 heterocycles. The van der Waals surface area contributed by atoms with E-state index in [1.165, 1.54) is 18.5 Å². The van der Waals surface area contributed by atoms with Gasteiger partial charge in [-0.2, -0.15) is 0 Å². The molecule has 0 radical (unpaired) electrons. The molecule has 2 N–H and O–H groups in total. The van der Waals surface area contributed by atoms with E-state index in [2.05, 4.69) is 17.1 Å². The Morgan fingerprint density at radius 3 is 2.75 bits per heavy atom. The van der Waals surface area contributed by atoms with E-state index in [0.29, 0.717) is 0 Å². The molecule has 1 aromatic heterocycles. The maximum Gasteiger partial charge on any atom is 0.0481 e. The van der Waals surface area contributed by atoms with E-state index in [9.17, 15) is 0 Å². The maximum absolute atomic E-state index is 5.71. The van der Waals surface area contributed by atoms with Gasteiger partial charge in [0, 0.05) is 23.3 Å². The van der Waals surface area contributed by atoms with Crippen molar-refractivity contribution in [2.45, 2.75) is 25.2 Å². The van der Waals surface area contributed by atoms with Crippen LogP contribution in [-0.2, 0) is 5.41 Å². The number of rotatable bonds is 2. The van der Waals surface area contributed by atoms with Crippen molar-refractivity contribution in [1.29, 1.82) is 0 Å². The second-order valence-corrected chi connectivity index (χ2v) is 3.65. The fourth-order valence-electron chi connectivity index (χ4n) is 1.55. The molecule has 1 saturated carbocycles. The highest BCUT2D eigenvalue weighted by atomic mass is 14.8. The van der Waals surface area contributed by atoms with Crippen molar-refractivity contribution in [3.05, 3.63) is 29.6 Å². The first-order valence-electron chi connectivity index (χ1n) is 4.41. The van der Waals surface area contributed by atoms with Gasteiger partial charge in [-0.3, -0.25) is 4.98 Å². The van der Waals surface area contributed by atoms with Crippen LogP contribution in [0, 0.1) is 6.92 Å².